The quantitative estimate of drug-likeness (QED) is 0.500. The average Bonchev–Trinajstić information content (AvgIpc) is 1.83. The Kier molecular flexibility index (Phi) is 2.76. The lowest BCUT2D eigenvalue weighted by atomic mass is 9.93. The molecule has 54 valence electrons. The lowest BCUT2D eigenvalue weighted by Crippen LogP contribution is -2.41. The number of nitrogens with one attached hydrogen (secondary N) is 1. The minimum Gasteiger partial charge on any atom is -0.316 e. The van der Waals surface area contributed by atoms with Crippen LogP contribution in [-0.2, 0) is 0 Å². The smallest absolute Gasteiger partial charge is 0.0185 e. The van der Waals surface area contributed by atoms with Gasteiger partial charge in [0.1, 0.15) is 0 Å². The molecule has 1 aliphatic rings. The van der Waals surface area contributed by atoms with Gasteiger partial charge in [-0.3, -0.25) is 0 Å². The van der Waals surface area contributed by atoms with Gasteiger partial charge in [-0.2, -0.15) is 0 Å². The molecular formula is C7H14IN. The van der Waals surface area contributed by atoms with Crippen molar-refractivity contribution in [3.63, 3.8) is 0 Å². The Morgan fingerprint density at radius 1 is 1.22 bits per heavy atom. The van der Waals surface area contributed by atoms with Crippen LogP contribution in [0, 0.1) is 11.8 Å². The molecule has 1 nitrogen and oxygen atoms in total. The number of halogens is 1. The van der Waals surface area contributed by atoms with E-state index in [-0.39, 0.29) is 0 Å². The molecule has 0 spiro atoms. The largest absolute Gasteiger partial charge is 0.316 e. The van der Waals surface area contributed by atoms with Gasteiger partial charge < -0.3 is 5.32 Å². The van der Waals surface area contributed by atoms with E-state index in [1.165, 1.54) is 13.1 Å². The van der Waals surface area contributed by atoms with Crippen molar-refractivity contribution in [1.82, 2.24) is 5.32 Å². The molecule has 1 rings (SSSR count). The zero-order valence-corrected chi connectivity index (χ0v) is 8.18. The number of hydrogen-bond donors (Lipinski definition) is 1. The van der Waals surface area contributed by atoms with Crippen LogP contribution in [0.4, 0.5) is 0 Å². The topological polar surface area (TPSA) is 12.0 Å². The van der Waals surface area contributed by atoms with Gasteiger partial charge in [0.2, 0.25) is 0 Å². The maximum Gasteiger partial charge on any atom is 0.0185 e. The van der Waals surface area contributed by atoms with Crippen LogP contribution in [0.2, 0.25) is 0 Å². The second kappa shape index (κ2) is 3.19. The van der Waals surface area contributed by atoms with E-state index in [0.29, 0.717) is 0 Å². The van der Waals surface area contributed by atoms with E-state index in [1.807, 2.05) is 0 Å². The SMILES string of the molecule is CC1CNCC(C)C1I. The van der Waals surface area contributed by atoms with Crippen LogP contribution in [0.15, 0.2) is 0 Å². The first kappa shape index (κ1) is 7.79. The lowest BCUT2D eigenvalue weighted by molar-refractivity contribution is 0.346. The molecule has 1 N–H and O–H groups in total. The molecule has 0 saturated carbocycles. The highest BCUT2D eigenvalue weighted by Gasteiger charge is 2.24. The third-order valence-electron chi connectivity index (χ3n) is 2.02. The van der Waals surface area contributed by atoms with Crippen LogP contribution in [0.5, 0.6) is 0 Å². The van der Waals surface area contributed by atoms with Gasteiger partial charge in [-0.25, -0.2) is 0 Å². The van der Waals surface area contributed by atoms with Gasteiger partial charge in [0.25, 0.3) is 0 Å². The fourth-order valence-electron chi connectivity index (χ4n) is 1.32. The van der Waals surface area contributed by atoms with E-state index in [4.69, 9.17) is 0 Å². The molecule has 0 bridgehead atoms. The van der Waals surface area contributed by atoms with Crippen molar-refractivity contribution in [2.45, 2.75) is 17.8 Å². The molecule has 2 heteroatoms. The third kappa shape index (κ3) is 1.80. The Hall–Kier alpha value is 0.690. The summed E-state index contributed by atoms with van der Waals surface area (Å²) >= 11 is 2.57. The molecule has 1 fully saturated rings. The fourth-order valence-corrected chi connectivity index (χ4v) is 1.83. The van der Waals surface area contributed by atoms with E-state index in [1.54, 1.807) is 0 Å². The summed E-state index contributed by atoms with van der Waals surface area (Å²) in [6.45, 7) is 7.05. The highest BCUT2D eigenvalue weighted by molar-refractivity contribution is 14.1. The Balaban J connectivity index is 2.41. The molecule has 1 heterocycles. The van der Waals surface area contributed by atoms with Gasteiger partial charge in [0.05, 0.1) is 0 Å². The molecule has 0 aliphatic carbocycles. The van der Waals surface area contributed by atoms with Crippen molar-refractivity contribution < 1.29 is 0 Å². The van der Waals surface area contributed by atoms with Crippen LogP contribution < -0.4 is 5.32 Å². The van der Waals surface area contributed by atoms with Crippen molar-refractivity contribution in [3.05, 3.63) is 0 Å². The number of alkyl halides is 1. The van der Waals surface area contributed by atoms with E-state index < -0.39 is 0 Å². The van der Waals surface area contributed by atoms with Crippen molar-refractivity contribution in [2.75, 3.05) is 13.1 Å². The summed E-state index contributed by atoms with van der Waals surface area (Å²) in [5, 5.41) is 3.41. The van der Waals surface area contributed by atoms with Crippen LogP contribution in [0.3, 0.4) is 0 Å². The van der Waals surface area contributed by atoms with Crippen molar-refractivity contribution >= 4 is 22.6 Å². The number of piperidine rings is 1. The second-order valence-electron chi connectivity index (χ2n) is 3.06. The predicted molar refractivity (Wildman–Crippen MR) is 49.0 cm³/mol. The maximum absolute atomic E-state index is 3.41. The molecule has 2 unspecified atom stereocenters. The average molecular weight is 239 g/mol. The van der Waals surface area contributed by atoms with Gasteiger partial charge in [0.15, 0.2) is 0 Å². The van der Waals surface area contributed by atoms with Gasteiger partial charge >= 0.3 is 0 Å². The van der Waals surface area contributed by atoms with Crippen molar-refractivity contribution in [2.24, 2.45) is 11.8 Å². The zero-order valence-electron chi connectivity index (χ0n) is 6.02. The molecule has 9 heavy (non-hydrogen) atoms. The van der Waals surface area contributed by atoms with Gasteiger partial charge in [-0.05, 0) is 24.9 Å². The Morgan fingerprint density at radius 3 is 2.00 bits per heavy atom. The van der Waals surface area contributed by atoms with Gasteiger partial charge in [0, 0.05) is 3.92 Å². The molecule has 0 aromatic carbocycles. The summed E-state index contributed by atoms with van der Waals surface area (Å²) in [5.74, 6) is 1.71. The van der Waals surface area contributed by atoms with Crippen LogP contribution >= 0.6 is 22.6 Å². The minimum absolute atomic E-state index is 0.856. The number of hydrogen-bond acceptors (Lipinski definition) is 1. The normalized spacial score (nSPS) is 45.0. The first-order valence-electron chi connectivity index (χ1n) is 3.56. The Bertz CT molecular complexity index is 84.9. The highest BCUT2D eigenvalue weighted by Crippen LogP contribution is 2.24. The summed E-state index contributed by atoms with van der Waals surface area (Å²) < 4.78 is 0.879. The van der Waals surface area contributed by atoms with Crippen molar-refractivity contribution in [3.8, 4) is 0 Å². The van der Waals surface area contributed by atoms with Crippen LogP contribution in [0.1, 0.15) is 13.8 Å². The van der Waals surface area contributed by atoms with Crippen molar-refractivity contribution in [1.29, 1.82) is 0 Å². The predicted octanol–water partition coefficient (Wildman–Crippen LogP) is 1.67. The second-order valence-corrected chi connectivity index (χ2v) is 4.50. The monoisotopic (exact) mass is 239 g/mol. The Labute approximate surface area is 70.7 Å². The number of rotatable bonds is 0. The summed E-state index contributed by atoms with van der Waals surface area (Å²) in [6.07, 6.45) is 0. The van der Waals surface area contributed by atoms with E-state index in [2.05, 4.69) is 41.8 Å². The van der Waals surface area contributed by atoms with Gasteiger partial charge in [-0.15, -0.1) is 0 Å². The van der Waals surface area contributed by atoms with Crippen LogP contribution in [-0.4, -0.2) is 17.0 Å². The Morgan fingerprint density at radius 2 is 1.67 bits per heavy atom. The first-order valence-corrected chi connectivity index (χ1v) is 4.81. The molecular weight excluding hydrogens is 225 g/mol. The van der Waals surface area contributed by atoms with Crippen LogP contribution in [0.25, 0.3) is 0 Å². The van der Waals surface area contributed by atoms with E-state index in [0.717, 1.165) is 15.8 Å². The summed E-state index contributed by atoms with van der Waals surface area (Å²) in [6, 6.07) is 0. The molecule has 0 aromatic heterocycles. The molecule has 1 saturated heterocycles. The highest BCUT2D eigenvalue weighted by atomic mass is 127. The molecule has 2 atom stereocenters. The maximum atomic E-state index is 3.41. The summed E-state index contributed by atoms with van der Waals surface area (Å²) in [7, 11) is 0. The molecule has 0 aromatic rings. The standard InChI is InChI=1S/C7H14IN/c1-5-3-9-4-6(2)7(5)8/h5-7,9H,3-4H2,1-2H3. The molecule has 0 amide bonds. The van der Waals surface area contributed by atoms with E-state index >= 15 is 0 Å². The lowest BCUT2D eigenvalue weighted by Gasteiger charge is -2.30. The zero-order chi connectivity index (χ0) is 6.85. The fraction of sp³-hybridized carbons (Fsp3) is 1.00. The first-order chi connectivity index (χ1) is 4.22. The molecule has 1 aliphatic heterocycles. The molecule has 0 radical (unpaired) electrons. The summed E-state index contributed by atoms with van der Waals surface area (Å²) in [5.41, 5.74) is 0. The minimum atomic E-state index is 0.856. The third-order valence-corrected chi connectivity index (χ3v) is 4.48. The van der Waals surface area contributed by atoms with E-state index in [9.17, 15) is 0 Å². The van der Waals surface area contributed by atoms with Gasteiger partial charge in [-0.1, -0.05) is 36.4 Å². The summed E-state index contributed by atoms with van der Waals surface area (Å²) in [4.78, 5) is 0.